The molecule has 24 heavy (non-hydrogen) atoms. The van der Waals surface area contributed by atoms with Crippen LogP contribution in [0, 0.1) is 10.1 Å². The number of aldehydes is 1. The quantitative estimate of drug-likeness (QED) is 0.241. The van der Waals surface area contributed by atoms with E-state index >= 15 is 0 Å². The molecule has 0 N–H and O–H groups in total. The fourth-order valence-corrected chi connectivity index (χ4v) is 2.57. The van der Waals surface area contributed by atoms with E-state index in [4.69, 9.17) is 21.1 Å². The van der Waals surface area contributed by atoms with Crippen LogP contribution in [0.25, 0.3) is 0 Å². The molecule has 2 rings (SSSR count). The van der Waals surface area contributed by atoms with E-state index in [9.17, 15) is 19.7 Å². The van der Waals surface area contributed by atoms with Gasteiger partial charge in [0.15, 0.2) is 11.5 Å². The van der Waals surface area contributed by atoms with E-state index < -0.39 is 16.6 Å². The largest absolute Gasteiger partial charge is 0.493 e. The second-order valence-corrected chi connectivity index (χ2v) is 5.73. The fraction of sp³-hybridized carbons (Fsp3) is 0.0667. The number of nitro benzene ring substituents is 1. The van der Waals surface area contributed by atoms with Crippen LogP contribution in [-0.2, 0) is 0 Å². The number of nitro groups is 1. The topological polar surface area (TPSA) is 95.7 Å². The Morgan fingerprint density at radius 2 is 2.04 bits per heavy atom. The summed E-state index contributed by atoms with van der Waals surface area (Å²) < 4.78 is 10.6. The Hall–Kier alpha value is -2.45. The van der Waals surface area contributed by atoms with E-state index in [0.29, 0.717) is 16.3 Å². The van der Waals surface area contributed by atoms with Gasteiger partial charge in [0.1, 0.15) is 11.3 Å². The van der Waals surface area contributed by atoms with Gasteiger partial charge in [0.25, 0.3) is 5.69 Å². The van der Waals surface area contributed by atoms with E-state index in [1.807, 2.05) is 0 Å². The summed E-state index contributed by atoms with van der Waals surface area (Å²) in [5.41, 5.74) is -0.145. The predicted octanol–water partition coefficient (Wildman–Crippen LogP) is 4.05. The monoisotopic (exact) mass is 413 g/mol. The first kappa shape index (κ1) is 17.9. The molecular formula is C15H9BrClNO6. The van der Waals surface area contributed by atoms with Gasteiger partial charge in [-0.25, -0.2) is 4.79 Å². The molecule has 7 nitrogen and oxygen atoms in total. The first-order valence-corrected chi connectivity index (χ1v) is 7.53. The van der Waals surface area contributed by atoms with Gasteiger partial charge in [-0.05, 0) is 40.2 Å². The smallest absolute Gasteiger partial charge is 0.343 e. The molecule has 0 bridgehead atoms. The Bertz CT molecular complexity index is 839. The summed E-state index contributed by atoms with van der Waals surface area (Å²) in [6.07, 6.45) is 0.613. The summed E-state index contributed by atoms with van der Waals surface area (Å²) in [6, 6.07) is 6.40. The molecule has 0 spiro atoms. The number of benzene rings is 2. The van der Waals surface area contributed by atoms with Crippen LogP contribution in [0.5, 0.6) is 11.5 Å². The number of nitrogens with zero attached hydrogens (tertiary/aromatic N) is 1. The Kier molecular flexibility index (Phi) is 5.53. The molecule has 124 valence electrons. The number of carbonyl (C=O) groups excluding carboxylic acids is 2. The summed E-state index contributed by atoms with van der Waals surface area (Å²) in [5, 5.41) is 10.8. The zero-order chi connectivity index (χ0) is 17.9. The molecule has 0 aliphatic rings. The standard InChI is InChI=1S/C15H9BrClNO6/c1-23-13-5-8(7-19)4-10(16)14(13)24-15(20)9-2-3-11(17)12(6-9)18(21)22/h2-7H,1H3. The van der Waals surface area contributed by atoms with Gasteiger partial charge in [-0.2, -0.15) is 0 Å². The first-order chi connectivity index (χ1) is 11.4. The molecule has 0 aromatic heterocycles. The maximum atomic E-state index is 12.2. The van der Waals surface area contributed by atoms with Crippen LogP contribution in [-0.4, -0.2) is 24.3 Å². The summed E-state index contributed by atoms with van der Waals surface area (Å²) in [4.78, 5) is 33.3. The van der Waals surface area contributed by atoms with Crippen LogP contribution in [0.15, 0.2) is 34.8 Å². The number of halogens is 2. The lowest BCUT2D eigenvalue weighted by Crippen LogP contribution is -2.10. The van der Waals surface area contributed by atoms with E-state index in [2.05, 4.69) is 15.9 Å². The highest BCUT2D eigenvalue weighted by Gasteiger charge is 2.20. The second-order valence-electron chi connectivity index (χ2n) is 4.46. The van der Waals surface area contributed by atoms with Crippen molar-refractivity contribution in [1.82, 2.24) is 0 Å². The Balaban J connectivity index is 2.38. The second kappa shape index (κ2) is 7.41. The van der Waals surface area contributed by atoms with Crippen LogP contribution in [0.4, 0.5) is 5.69 Å². The van der Waals surface area contributed by atoms with E-state index in [1.54, 1.807) is 0 Å². The number of hydrogen-bond acceptors (Lipinski definition) is 6. The lowest BCUT2D eigenvalue weighted by Gasteiger charge is -2.12. The van der Waals surface area contributed by atoms with Crippen LogP contribution in [0.1, 0.15) is 20.7 Å². The van der Waals surface area contributed by atoms with Gasteiger partial charge in [0.2, 0.25) is 0 Å². The minimum atomic E-state index is -0.840. The maximum Gasteiger partial charge on any atom is 0.343 e. The zero-order valence-corrected chi connectivity index (χ0v) is 14.5. The van der Waals surface area contributed by atoms with Gasteiger partial charge in [0.05, 0.1) is 22.1 Å². The Labute approximate surface area is 149 Å². The minimum Gasteiger partial charge on any atom is -0.493 e. The number of carbonyl (C=O) groups is 2. The molecule has 2 aromatic carbocycles. The Morgan fingerprint density at radius 3 is 2.62 bits per heavy atom. The van der Waals surface area contributed by atoms with Crippen LogP contribution < -0.4 is 9.47 Å². The van der Waals surface area contributed by atoms with E-state index in [1.165, 1.54) is 31.4 Å². The average Bonchev–Trinajstić information content (AvgIpc) is 2.56. The molecule has 0 aliphatic carbocycles. The van der Waals surface area contributed by atoms with Crippen molar-refractivity contribution in [1.29, 1.82) is 0 Å². The summed E-state index contributed by atoms with van der Waals surface area (Å²) >= 11 is 8.89. The number of rotatable bonds is 5. The highest BCUT2D eigenvalue weighted by atomic mass is 79.9. The van der Waals surface area contributed by atoms with E-state index in [0.717, 1.165) is 6.07 Å². The highest BCUT2D eigenvalue weighted by molar-refractivity contribution is 9.10. The summed E-state index contributed by atoms with van der Waals surface area (Å²) in [6.45, 7) is 0. The number of hydrogen-bond donors (Lipinski definition) is 0. The molecule has 9 heteroatoms. The number of ether oxygens (including phenoxy) is 2. The SMILES string of the molecule is COc1cc(C=O)cc(Br)c1OC(=O)c1ccc(Cl)c([N+](=O)[O-])c1. The van der Waals surface area contributed by atoms with Crippen LogP contribution in [0.2, 0.25) is 5.02 Å². The molecule has 0 radical (unpaired) electrons. The fourth-order valence-electron chi connectivity index (χ4n) is 1.84. The zero-order valence-electron chi connectivity index (χ0n) is 12.1. The highest BCUT2D eigenvalue weighted by Crippen LogP contribution is 2.37. The summed E-state index contributed by atoms with van der Waals surface area (Å²) in [5.74, 6) is -0.637. The predicted molar refractivity (Wildman–Crippen MR) is 89.1 cm³/mol. The molecule has 0 atom stereocenters. The van der Waals surface area contributed by atoms with Gasteiger partial charge >= 0.3 is 5.97 Å². The molecule has 2 aromatic rings. The lowest BCUT2D eigenvalue weighted by atomic mass is 10.2. The van der Waals surface area contributed by atoms with Gasteiger partial charge in [-0.1, -0.05) is 11.6 Å². The van der Waals surface area contributed by atoms with Gasteiger partial charge in [-0.15, -0.1) is 0 Å². The summed E-state index contributed by atoms with van der Waals surface area (Å²) in [7, 11) is 1.35. The molecular weight excluding hydrogens is 406 g/mol. The number of esters is 1. The molecule has 0 unspecified atom stereocenters. The molecule has 0 fully saturated rings. The van der Waals surface area contributed by atoms with Gasteiger partial charge < -0.3 is 9.47 Å². The van der Waals surface area contributed by atoms with Crippen molar-refractivity contribution in [2.75, 3.05) is 7.11 Å². The van der Waals surface area contributed by atoms with Gasteiger partial charge in [-0.3, -0.25) is 14.9 Å². The normalized spacial score (nSPS) is 10.1. The third-order valence-corrected chi connectivity index (χ3v) is 3.87. The van der Waals surface area contributed by atoms with E-state index in [-0.39, 0.29) is 22.1 Å². The van der Waals surface area contributed by atoms with Crippen LogP contribution in [0.3, 0.4) is 0 Å². The van der Waals surface area contributed by atoms with Crippen molar-refractivity contribution in [3.8, 4) is 11.5 Å². The van der Waals surface area contributed by atoms with Crippen molar-refractivity contribution in [2.24, 2.45) is 0 Å². The molecule has 0 aliphatic heterocycles. The minimum absolute atomic E-state index is 0.0469. The van der Waals surface area contributed by atoms with Crippen molar-refractivity contribution in [2.45, 2.75) is 0 Å². The average molecular weight is 415 g/mol. The first-order valence-electron chi connectivity index (χ1n) is 6.36. The maximum absolute atomic E-state index is 12.2. The van der Waals surface area contributed by atoms with Gasteiger partial charge in [0, 0.05) is 11.6 Å². The number of methoxy groups -OCH3 is 1. The molecule has 0 amide bonds. The van der Waals surface area contributed by atoms with Crippen molar-refractivity contribution in [3.63, 3.8) is 0 Å². The van der Waals surface area contributed by atoms with Crippen molar-refractivity contribution >= 4 is 45.5 Å². The van der Waals surface area contributed by atoms with Crippen molar-refractivity contribution < 1.29 is 24.0 Å². The lowest BCUT2D eigenvalue weighted by molar-refractivity contribution is -0.384. The third-order valence-electron chi connectivity index (χ3n) is 2.96. The third kappa shape index (κ3) is 3.72. The molecule has 0 saturated carbocycles. The molecule has 0 heterocycles. The molecule has 0 saturated heterocycles. The Morgan fingerprint density at radius 1 is 1.33 bits per heavy atom. The van der Waals surface area contributed by atoms with Crippen molar-refractivity contribution in [3.05, 3.63) is 61.1 Å². The van der Waals surface area contributed by atoms with Crippen LogP contribution >= 0.6 is 27.5 Å².